The molecule has 0 aromatic rings. The first-order chi connectivity index (χ1) is 5.49. The summed E-state index contributed by atoms with van der Waals surface area (Å²) in [6.45, 7) is 4.43. The van der Waals surface area contributed by atoms with Crippen molar-refractivity contribution in [2.75, 3.05) is 20.1 Å². The number of alkyl halides is 2. The SMILES string of the molecule is CC.CN1CC(N)CC(F)(F)C1. The van der Waals surface area contributed by atoms with Crippen LogP contribution in [0.2, 0.25) is 0 Å². The third kappa shape index (κ3) is 3.97. The Balaban J connectivity index is 0.000000561. The molecule has 1 fully saturated rings. The van der Waals surface area contributed by atoms with Crippen LogP contribution >= 0.6 is 0 Å². The minimum Gasteiger partial charge on any atom is -0.326 e. The molecule has 2 N–H and O–H groups in total. The summed E-state index contributed by atoms with van der Waals surface area (Å²) in [6.07, 6.45) is -0.169. The molecule has 0 bridgehead atoms. The van der Waals surface area contributed by atoms with Gasteiger partial charge in [-0.25, -0.2) is 8.78 Å². The molecule has 1 saturated heterocycles. The van der Waals surface area contributed by atoms with E-state index < -0.39 is 5.92 Å². The van der Waals surface area contributed by atoms with Crippen LogP contribution in [0.15, 0.2) is 0 Å². The summed E-state index contributed by atoms with van der Waals surface area (Å²) in [7, 11) is 1.66. The van der Waals surface area contributed by atoms with E-state index in [0.717, 1.165) is 0 Å². The summed E-state index contributed by atoms with van der Waals surface area (Å²) in [5.41, 5.74) is 5.38. The Morgan fingerprint density at radius 3 is 2.25 bits per heavy atom. The molecule has 1 rings (SSSR count). The Bertz CT molecular complexity index is 116. The summed E-state index contributed by atoms with van der Waals surface area (Å²) in [6, 6.07) is -0.367. The topological polar surface area (TPSA) is 29.3 Å². The monoisotopic (exact) mass is 180 g/mol. The molecule has 1 aliphatic heterocycles. The van der Waals surface area contributed by atoms with Crippen molar-refractivity contribution in [2.45, 2.75) is 32.2 Å². The normalized spacial score (nSPS) is 29.0. The van der Waals surface area contributed by atoms with Gasteiger partial charge in [0.05, 0.1) is 6.54 Å². The van der Waals surface area contributed by atoms with E-state index in [1.54, 1.807) is 11.9 Å². The molecular formula is C8H18F2N2. The van der Waals surface area contributed by atoms with Crippen molar-refractivity contribution >= 4 is 0 Å². The van der Waals surface area contributed by atoms with Crippen LogP contribution in [0.3, 0.4) is 0 Å². The molecule has 0 amide bonds. The lowest BCUT2D eigenvalue weighted by molar-refractivity contribution is -0.0636. The lowest BCUT2D eigenvalue weighted by Gasteiger charge is -2.33. The van der Waals surface area contributed by atoms with Gasteiger partial charge in [-0.15, -0.1) is 0 Å². The second-order valence-electron chi connectivity index (χ2n) is 3.02. The maximum Gasteiger partial charge on any atom is 0.262 e. The summed E-state index contributed by atoms with van der Waals surface area (Å²) in [5, 5.41) is 0. The van der Waals surface area contributed by atoms with Crippen LogP contribution in [0, 0.1) is 0 Å². The van der Waals surface area contributed by atoms with Gasteiger partial charge in [0.1, 0.15) is 0 Å². The molecule has 0 aromatic heterocycles. The molecular weight excluding hydrogens is 162 g/mol. The predicted molar refractivity (Wildman–Crippen MR) is 46.4 cm³/mol. The molecule has 0 aromatic carbocycles. The molecule has 0 radical (unpaired) electrons. The van der Waals surface area contributed by atoms with Crippen molar-refractivity contribution < 1.29 is 8.78 Å². The van der Waals surface area contributed by atoms with Crippen molar-refractivity contribution in [1.82, 2.24) is 4.90 Å². The number of nitrogens with two attached hydrogens (primary N) is 1. The number of piperidine rings is 1. The zero-order valence-electron chi connectivity index (χ0n) is 7.98. The van der Waals surface area contributed by atoms with Crippen LogP contribution in [-0.4, -0.2) is 37.0 Å². The lowest BCUT2D eigenvalue weighted by Crippen LogP contribution is -2.50. The quantitative estimate of drug-likeness (QED) is 0.609. The molecule has 74 valence electrons. The highest BCUT2D eigenvalue weighted by Crippen LogP contribution is 2.24. The largest absolute Gasteiger partial charge is 0.326 e. The summed E-state index contributed by atoms with van der Waals surface area (Å²) < 4.78 is 25.2. The van der Waals surface area contributed by atoms with Crippen LogP contribution in [-0.2, 0) is 0 Å². The Hall–Kier alpha value is -0.220. The van der Waals surface area contributed by atoms with Gasteiger partial charge in [-0.1, -0.05) is 13.8 Å². The van der Waals surface area contributed by atoms with Crippen LogP contribution in [0.4, 0.5) is 8.78 Å². The van der Waals surface area contributed by atoms with Crippen molar-refractivity contribution in [2.24, 2.45) is 5.73 Å². The highest BCUT2D eigenvalue weighted by molar-refractivity contribution is 4.84. The van der Waals surface area contributed by atoms with Gasteiger partial charge < -0.3 is 5.73 Å². The minimum atomic E-state index is -2.58. The lowest BCUT2D eigenvalue weighted by atomic mass is 10.0. The van der Waals surface area contributed by atoms with E-state index in [1.807, 2.05) is 13.8 Å². The number of halogens is 2. The number of hydrogen-bond acceptors (Lipinski definition) is 2. The maximum atomic E-state index is 12.6. The predicted octanol–water partition coefficient (Wildman–Crippen LogP) is 1.31. The first kappa shape index (κ1) is 11.8. The molecule has 4 heteroatoms. The number of rotatable bonds is 0. The van der Waals surface area contributed by atoms with Gasteiger partial charge in [0.25, 0.3) is 5.92 Å². The fourth-order valence-corrected chi connectivity index (χ4v) is 1.37. The highest BCUT2D eigenvalue weighted by atomic mass is 19.3. The Morgan fingerprint density at radius 2 is 1.92 bits per heavy atom. The van der Waals surface area contributed by atoms with Gasteiger partial charge in [-0.2, -0.15) is 0 Å². The molecule has 1 heterocycles. The van der Waals surface area contributed by atoms with Crippen LogP contribution in [0.5, 0.6) is 0 Å². The molecule has 12 heavy (non-hydrogen) atoms. The summed E-state index contributed by atoms with van der Waals surface area (Å²) in [4.78, 5) is 1.56. The molecule has 0 aliphatic carbocycles. The number of likely N-dealkylation sites (N-methyl/N-ethyl adjacent to an activating group) is 1. The van der Waals surface area contributed by atoms with Crippen molar-refractivity contribution in [3.05, 3.63) is 0 Å². The zero-order valence-corrected chi connectivity index (χ0v) is 7.98. The minimum absolute atomic E-state index is 0.152. The first-order valence-electron chi connectivity index (χ1n) is 4.31. The van der Waals surface area contributed by atoms with Gasteiger partial charge in [0, 0.05) is 19.0 Å². The Kier molecular flexibility index (Phi) is 4.63. The van der Waals surface area contributed by atoms with E-state index in [-0.39, 0.29) is 19.0 Å². The second-order valence-corrected chi connectivity index (χ2v) is 3.02. The summed E-state index contributed by atoms with van der Waals surface area (Å²) in [5.74, 6) is -2.58. The third-order valence-electron chi connectivity index (χ3n) is 1.61. The van der Waals surface area contributed by atoms with Gasteiger partial charge in [-0.05, 0) is 7.05 Å². The van der Waals surface area contributed by atoms with Crippen LogP contribution < -0.4 is 5.73 Å². The highest BCUT2D eigenvalue weighted by Gasteiger charge is 2.37. The Labute approximate surface area is 72.7 Å². The van der Waals surface area contributed by atoms with Crippen LogP contribution in [0.25, 0.3) is 0 Å². The standard InChI is InChI=1S/C6H12F2N2.C2H6/c1-10-3-5(9)2-6(7,8)4-10;1-2/h5H,2-4,9H2,1H3;1-2H3. The number of likely N-dealkylation sites (tertiary alicyclic amines) is 1. The van der Waals surface area contributed by atoms with E-state index in [4.69, 9.17) is 5.73 Å². The van der Waals surface area contributed by atoms with Gasteiger partial charge in [0.2, 0.25) is 0 Å². The van der Waals surface area contributed by atoms with E-state index in [2.05, 4.69) is 0 Å². The second kappa shape index (κ2) is 4.72. The Morgan fingerprint density at radius 1 is 1.42 bits per heavy atom. The molecule has 0 saturated carbocycles. The van der Waals surface area contributed by atoms with Crippen LogP contribution in [0.1, 0.15) is 20.3 Å². The fraction of sp³-hybridized carbons (Fsp3) is 1.00. The number of hydrogen-bond donors (Lipinski definition) is 1. The fourth-order valence-electron chi connectivity index (χ4n) is 1.37. The van der Waals surface area contributed by atoms with E-state index in [0.29, 0.717) is 6.54 Å². The molecule has 1 atom stereocenters. The van der Waals surface area contributed by atoms with Crippen molar-refractivity contribution in [3.8, 4) is 0 Å². The maximum absolute atomic E-state index is 12.6. The average Bonchev–Trinajstić information content (AvgIpc) is 1.85. The number of nitrogens with zero attached hydrogens (tertiary/aromatic N) is 1. The van der Waals surface area contributed by atoms with Gasteiger partial charge in [0.15, 0.2) is 0 Å². The van der Waals surface area contributed by atoms with E-state index >= 15 is 0 Å². The van der Waals surface area contributed by atoms with Crippen molar-refractivity contribution in [3.63, 3.8) is 0 Å². The third-order valence-corrected chi connectivity index (χ3v) is 1.61. The molecule has 0 spiro atoms. The van der Waals surface area contributed by atoms with Gasteiger partial charge in [-0.3, -0.25) is 4.90 Å². The van der Waals surface area contributed by atoms with Crippen molar-refractivity contribution in [1.29, 1.82) is 0 Å². The molecule has 1 unspecified atom stereocenters. The smallest absolute Gasteiger partial charge is 0.262 e. The van der Waals surface area contributed by atoms with Gasteiger partial charge >= 0.3 is 0 Å². The van der Waals surface area contributed by atoms with E-state index in [9.17, 15) is 8.78 Å². The zero-order chi connectivity index (χ0) is 9.78. The van der Waals surface area contributed by atoms with E-state index in [1.165, 1.54) is 0 Å². The molecule has 1 aliphatic rings. The first-order valence-corrected chi connectivity index (χ1v) is 4.31. The average molecular weight is 180 g/mol. The summed E-state index contributed by atoms with van der Waals surface area (Å²) >= 11 is 0. The molecule has 2 nitrogen and oxygen atoms in total.